The van der Waals surface area contributed by atoms with E-state index in [1.165, 1.54) is 0 Å². The molecule has 0 heterocycles. The van der Waals surface area contributed by atoms with E-state index in [9.17, 15) is 14.7 Å². The van der Waals surface area contributed by atoms with E-state index < -0.39 is 29.3 Å². The van der Waals surface area contributed by atoms with Gasteiger partial charge >= 0.3 is 5.97 Å². The first kappa shape index (κ1) is 13.3. The van der Waals surface area contributed by atoms with Crippen molar-refractivity contribution >= 4 is 11.9 Å². The van der Waals surface area contributed by atoms with E-state index in [4.69, 9.17) is 5.11 Å². The van der Waals surface area contributed by atoms with E-state index in [-0.39, 0.29) is 11.9 Å². The predicted octanol–water partition coefficient (Wildman–Crippen LogP) is 0.763. The van der Waals surface area contributed by atoms with Crippen LogP contribution in [0.25, 0.3) is 0 Å². The summed E-state index contributed by atoms with van der Waals surface area (Å²) in [6.07, 6.45) is 2.98. The first-order chi connectivity index (χ1) is 8.35. The molecule has 2 unspecified atom stereocenters. The van der Waals surface area contributed by atoms with E-state index in [0.717, 1.165) is 19.3 Å². The van der Waals surface area contributed by atoms with Crippen LogP contribution in [0.5, 0.6) is 0 Å². The highest BCUT2D eigenvalue weighted by molar-refractivity contribution is 5.91. The van der Waals surface area contributed by atoms with Gasteiger partial charge in [-0.3, -0.25) is 9.59 Å². The number of carboxylic acids is 1. The second-order valence-electron chi connectivity index (χ2n) is 6.08. The Bertz CT molecular complexity index is 366. The number of amides is 1. The summed E-state index contributed by atoms with van der Waals surface area (Å²) in [6, 6.07) is -0.211. The minimum Gasteiger partial charge on any atom is -0.481 e. The summed E-state index contributed by atoms with van der Waals surface area (Å²) in [6.45, 7) is 3.60. The molecule has 102 valence electrons. The molecular formula is C13H21NO4. The molecule has 5 nitrogen and oxygen atoms in total. The Morgan fingerprint density at radius 3 is 2.28 bits per heavy atom. The summed E-state index contributed by atoms with van der Waals surface area (Å²) in [5, 5.41) is 21.6. The molecule has 0 aromatic rings. The van der Waals surface area contributed by atoms with Crippen molar-refractivity contribution in [1.82, 2.24) is 5.32 Å². The van der Waals surface area contributed by atoms with E-state index in [0.29, 0.717) is 6.42 Å². The summed E-state index contributed by atoms with van der Waals surface area (Å²) in [4.78, 5) is 23.1. The summed E-state index contributed by atoms with van der Waals surface area (Å²) >= 11 is 0. The molecule has 0 bridgehead atoms. The highest BCUT2D eigenvalue weighted by Crippen LogP contribution is 2.58. The van der Waals surface area contributed by atoms with Crippen LogP contribution in [-0.2, 0) is 9.59 Å². The molecule has 0 aromatic heterocycles. The Morgan fingerprint density at radius 1 is 1.17 bits per heavy atom. The Hall–Kier alpha value is -1.10. The molecule has 5 heteroatoms. The summed E-state index contributed by atoms with van der Waals surface area (Å²) in [5.41, 5.74) is -0.477. The quantitative estimate of drug-likeness (QED) is 0.695. The fourth-order valence-corrected chi connectivity index (χ4v) is 3.14. The molecule has 2 aliphatic rings. The molecule has 0 radical (unpaired) electrons. The highest BCUT2D eigenvalue weighted by Gasteiger charge is 2.66. The lowest BCUT2D eigenvalue weighted by molar-refractivity contribution is -0.140. The molecule has 2 saturated carbocycles. The van der Waals surface area contributed by atoms with Crippen LogP contribution in [0.2, 0.25) is 0 Å². The first-order valence-corrected chi connectivity index (χ1v) is 6.57. The van der Waals surface area contributed by atoms with Crippen molar-refractivity contribution in [2.45, 2.75) is 51.7 Å². The number of rotatable bonds is 3. The molecule has 3 N–H and O–H groups in total. The van der Waals surface area contributed by atoms with Crippen molar-refractivity contribution < 1.29 is 19.8 Å². The topological polar surface area (TPSA) is 86.6 Å². The van der Waals surface area contributed by atoms with Crippen molar-refractivity contribution in [2.24, 2.45) is 17.3 Å². The number of hydrogen-bond acceptors (Lipinski definition) is 3. The van der Waals surface area contributed by atoms with Crippen LogP contribution in [0.3, 0.4) is 0 Å². The molecule has 0 aliphatic heterocycles. The number of carbonyl (C=O) groups is 2. The molecule has 4 atom stereocenters. The van der Waals surface area contributed by atoms with Gasteiger partial charge in [0, 0.05) is 0 Å². The fraction of sp³-hybridized carbons (Fsp3) is 0.846. The van der Waals surface area contributed by atoms with Crippen LogP contribution in [0, 0.1) is 17.3 Å². The molecule has 0 saturated heterocycles. The number of hydrogen-bond donors (Lipinski definition) is 3. The highest BCUT2D eigenvalue weighted by atomic mass is 16.4. The Kier molecular flexibility index (Phi) is 3.36. The molecule has 0 spiro atoms. The molecule has 1 amide bonds. The van der Waals surface area contributed by atoms with Crippen molar-refractivity contribution in [3.63, 3.8) is 0 Å². The van der Waals surface area contributed by atoms with Gasteiger partial charge in [0.25, 0.3) is 0 Å². The van der Waals surface area contributed by atoms with Gasteiger partial charge in [0.2, 0.25) is 5.91 Å². The largest absolute Gasteiger partial charge is 0.481 e. The van der Waals surface area contributed by atoms with Crippen LogP contribution >= 0.6 is 0 Å². The predicted molar refractivity (Wildman–Crippen MR) is 64.8 cm³/mol. The normalized spacial score (nSPS) is 37.9. The van der Waals surface area contributed by atoms with Gasteiger partial charge in [0.05, 0.1) is 24.0 Å². The van der Waals surface area contributed by atoms with E-state index in [1.807, 2.05) is 0 Å². The zero-order valence-corrected chi connectivity index (χ0v) is 10.8. The number of carboxylic acid groups (broad SMARTS) is 1. The number of nitrogens with one attached hydrogen (secondary N) is 1. The number of aliphatic hydroxyl groups excluding tert-OH is 1. The van der Waals surface area contributed by atoms with Gasteiger partial charge in [0.15, 0.2) is 0 Å². The van der Waals surface area contributed by atoms with Crippen molar-refractivity contribution in [3.8, 4) is 0 Å². The van der Waals surface area contributed by atoms with Gasteiger partial charge in [-0.1, -0.05) is 26.7 Å². The monoisotopic (exact) mass is 255 g/mol. The standard InChI is InChI=1S/C13H21NO4/c1-13(2)9(10(13)12(17)18)11(16)14-7-5-3-4-6-8(7)15/h7-10,15H,3-6H2,1-2H3,(H,14,16)(H,17,18)/t7-,8-,9?,10?/m0/s1. The van der Waals surface area contributed by atoms with Crippen LogP contribution in [0.15, 0.2) is 0 Å². The number of aliphatic carboxylic acids is 1. The Balaban J connectivity index is 1.95. The van der Waals surface area contributed by atoms with Gasteiger partial charge in [-0.25, -0.2) is 0 Å². The third-order valence-electron chi connectivity index (χ3n) is 4.43. The lowest BCUT2D eigenvalue weighted by Gasteiger charge is -2.28. The molecule has 2 fully saturated rings. The molecular weight excluding hydrogens is 234 g/mol. The molecule has 2 rings (SSSR count). The van der Waals surface area contributed by atoms with Gasteiger partial charge < -0.3 is 15.5 Å². The molecule has 0 aromatic carbocycles. The maximum atomic E-state index is 12.1. The lowest BCUT2D eigenvalue weighted by Crippen LogP contribution is -2.46. The van der Waals surface area contributed by atoms with Gasteiger partial charge in [-0.15, -0.1) is 0 Å². The summed E-state index contributed by atoms with van der Waals surface area (Å²) in [7, 11) is 0. The maximum Gasteiger partial charge on any atom is 0.307 e. The van der Waals surface area contributed by atoms with E-state index in [2.05, 4.69) is 5.32 Å². The van der Waals surface area contributed by atoms with Gasteiger partial charge in [-0.05, 0) is 18.3 Å². The number of aliphatic hydroxyl groups is 1. The SMILES string of the molecule is CC1(C)C(C(=O)O)C1C(=O)N[C@H]1CCCC[C@@H]1O. The van der Waals surface area contributed by atoms with Crippen molar-refractivity contribution in [3.05, 3.63) is 0 Å². The third kappa shape index (κ3) is 2.23. The number of carbonyl (C=O) groups excluding carboxylic acids is 1. The van der Waals surface area contributed by atoms with Crippen molar-refractivity contribution in [1.29, 1.82) is 0 Å². The zero-order chi connectivity index (χ0) is 13.5. The second-order valence-corrected chi connectivity index (χ2v) is 6.08. The minimum absolute atomic E-state index is 0.211. The van der Waals surface area contributed by atoms with Crippen LogP contribution < -0.4 is 5.32 Å². The average Bonchev–Trinajstić information content (AvgIpc) is 2.85. The van der Waals surface area contributed by atoms with Crippen molar-refractivity contribution in [2.75, 3.05) is 0 Å². The minimum atomic E-state index is -0.913. The zero-order valence-electron chi connectivity index (χ0n) is 10.8. The van der Waals surface area contributed by atoms with Crippen LogP contribution in [0.1, 0.15) is 39.5 Å². The Labute approximate surface area is 107 Å². The smallest absolute Gasteiger partial charge is 0.307 e. The first-order valence-electron chi connectivity index (χ1n) is 6.57. The summed E-state index contributed by atoms with van der Waals surface area (Å²) < 4.78 is 0. The van der Waals surface area contributed by atoms with Gasteiger partial charge in [-0.2, -0.15) is 0 Å². The van der Waals surface area contributed by atoms with Crippen LogP contribution in [0.4, 0.5) is 0 Å². The Morgan fingerprint density at radius 2 is 1.78 bits per heavy atom. The summed E-state index contributed by atoms with van der Waals surface area (Å²) in [5.74, 6) is -2.20. The lowest BCUT2D eigenvalue weighted by atomic mass is 9.92. The molecule has 2 aliphatic carbocycles. The van der Waals surface area contributed by atoms with Gasteiger partial charge in [0.1, 0.15) is 0 Å². The third-order valence-corrected chi connectivity index (χ3v) is 4.43. The maximum absolute atomic E-state index is 12.1. The second kappa shape index (κ2) is 4.53. The average molecular weight is 255 g/mol. The van der Waals surface area contributed by atoms with Crippen LogP contribution in [-0.4, -0.2) is 34.2 Å². The van der Waals surface area contributed by atoms with E-state index in [1.54, 1.807) is 13.8 Å². The fourth-order valence-electron chi connectivity index (χ4n) is 3.14. The van der Waals surface area contributed by atoms with E-state index >= 15 is 0 Å². The molecule has 18 heavy (non-hydrogen) atoms.